The predicted octanol–water partition coefficient (Wildman–Crippen LogP) is 3.85. The Morgan fingerprint density at radius 3 is 2.55 bits per heavy atom. The summed E-state index contributed by atoms with van der Waals surface area (Å²) in [6.45, 7) is 4.95. The molecule has 4 nitrogen and oxygen atoms in total. The first-order valence-corrected chi connectivity index (χ1v) is 7.22. The Kier molecular flexibility index (Phi) is 5.42. The zero-order valence-electron chi connectivity index (χ0n) is 12.8. The van der Waals surface area contributed by atoms with Gasteiger partial charge in [0.05, 0.1) is 18.8 Å². The SMILES string of the molecule is Cc1cccc(OCCCOc2cc(C(=O)O)ccc2C)c1. The first kappa shape index (κ1) is 15.9. The summed E-state index contributed by atoms with van der Waals surface area (Å²) in [5.41, 5.74) is 2.32. The normalized spacial score (nSPS) is 10.3. The van der Waals surface area contributed by atoms with Crippen LogP contribution in [0.1, 0.15) is 27.9 Å². The molecule has 2 aromatic carbocycles. The van der Waals surface area contributed by atoms with Gasteiger partial charge in [-0.25, -0.2) is 4.79 Å². The van der Waals surface area contributed by atoms with E-state index in [9.17, 15) is 4.79 Å². The number of aryl methyl sites for hydroxylation is 2. The van der Waals surface area contributed by atoms with E-state index in [1.54, 1.807) is 18.2 Å². The minimum atomic E-state index is -0.951. The van der Waals surface area contributed by atoms with Crippen molar-refractivity contribution in [3.8, 4) is 11.5 Å². The van der Waals surface area contributed by atoms with E-state index >= 15 is 0 Å². The van der Waals surface area contributed by atoms with E-state index in [0.29, 0.717) is 19.0 Å². The van der Waals surface area contributed by atoms with Crippen molar-refractivity contribution in [1.82, 2.24) is 0 Å². The highest BCUT2D eigenvalue weighted by molar-refractivity contribution is 5.88. The summed E-state index contributed by atoms with van der Waals surface area (Å²) >= 11 is 0. The molecule has 0 aromatic heterocycles. The summed E-state index contributed by atoms with van der Waals surface area (Å²) in [6.07, 6.45) is 0.727. The maximum absolute atomic E-state index is 10.9. The molecule has 0 aliphatic rings. The van der Waals surface area contributed by atoms with E-state index in [0.717, 1.165) is 23.3 Å². The van der Waals surface area contributed by atoms with Gasteiger partial charge >= 0.3 is 5.97 Å². The Bertz CT molecular complexity index is 649. The Labute approximate surface area is 130 Å². The van der Waals surface area contributed by atoms with Gasteiger partial charge in [0, 0.05) is 6.42 Å². The molecule has 0 bridgehead atoms. The molecular formula is C18H20O4. The first-order chi connectivity index (χ1) is 10.6. The highest BCUT2D eigenvalue weighted by Crippen LogP contribution is 2.20. The van der Waals surface area contributed by atoms with Crippen molar-refractivity contribution in [3.63, 3.8) is 0 Å². The van der Waals surface area contributed by atoms with Crippen molar-refractivity contribution in [2.24, 2.45) is 0 Å². The van der Waals surface area contributed by atoms with Gasteiger partial charge in [-0.15, -0.1) is 0 Å². The molecule has 0 radical (unpaired) electrons. The molecule has 2 aromatic rings. The van der Waals surface area contributed by atoms with Gasteiger partial charge < -0.3 is 14.6 Å². The van der Waals surface area contributed by atoms with Crippen LogP contribution in [0.5, 0.6) is 11.5 Å². The summed E-state index contributed by atoms with van der Waals surface area (Å²) < 4.78 is 11.3. The summed E-state index contributed by atoms with van der Waals surface area (Å²) in [4.78, 5) is 10.9. The second kappa shape index (κ2) is 7.50. The molecule has 0 aliphatic heterocycles. The molecule has 22 heavy (non-hydrogen) atoms. The maximum Gasteiger partial charge on any atom is 0.335 e. The van der Waals surface area contributed by atoms with Gasteiger partial charge in [0.1, 0.15) is 11.5 Å². The molecule has 0 heterocycles. The summed E-state index contributed by atoms with van der Waals surface area (Å²) in [5, 5.41) is 8.98. The lowest BCUT2D eigenvalue weighted by Crippen LogP contribution is -2.06. The lowest BCUT2D eigenvalue weighted by Gasteiger charge is -2.11. The average Bonchev–Trinajstić information content (AvgIpc) is 2.48. The Balaban J connectivity index is 1.79. The molecule has 0 amide bonds. The average molecular weight is 300 g/mol. The molecule has 0 fully saturated rings. The van der Waals surface area contributed by atoms with Crippen molar-refractivity contribution in [2.45, 2.75) is 20.3 Å². The van der Waals surface area contributed by atoms with Crippen molar-refractivity contribution >= 4 is 5.97 Å². The van der Waals surface area contributed by atoms with E-state index in [1.165, 1.54) is 0 Å². The lowest BCUT2D eigenvalue weighted by atomic mass is 10.1. The molecule has 1 N–H and O–H groups in total. The Morgan fingerprint density at radius 2 is 1.82 bits per heavy atom. The number of benzene rings is 2. The third kappa shape index (κ3) is 4.52. The van der Waals surface area contributed by atoms with Crippen LogP contribution in [0.25, 0.3) is 0 Å². The molecule has 2 rings (SSSR count). The monoisotopic (exact) mass is 300 g/mol. The van der Waals surface area contributed by atoms with E-state index in [1.807, 2.05) is 38.1 Å². The van der Waals surface area contributed by atoms with Crippen LogP contribution in [-0.2, 0) is 0 Å². The predicted molar refractivity (Wildman–Crippen MR) is 84.9 cm³/mol. The third-order valence-electron chi connectivity index (χ3n) is 3.24. The number of carbonyl (C=O) groups is 1. The molecule has 0 unspecified atom stereocenters. The van der Waals surface area contributed by atoms with E-state index in [4.69, 9.17) is 14.6 Å². The quantitative estimate of drug-likeness (QED) is 0.789. The van der Waals surface area contributed by atoms with Crippen LogP contribution in [0.2, 0.25) is 0 Å². The molecule has 0 saturated carbocycles. The minimum Gasteiger partial charge on any atom is -0.493 e. The third-order valence-corrected chi connectivity index (χ3v) is 3.24. The molecule has 4 heteroatoms. The van der Waals surface area contributed by atoms with Crippen LogP contribution in [0.15, 0.2) is 42.5 Å². The summed E-state index contributed by atoms with van der Waals surface area (Å²) in [5.74, 6) is 0.507. The Hall–Kier alpha value is -2.49. The van der Waals surface area contributed by atoms with Crippen LogP contribution < -0.4 is 9.47 Å². The molecular weight excluding hydrogens is 280 g/mol. The minimum absolute atomic E-state index is 0.233. The van der Waals surface area contributed by atoms with Crippen LogP contribution >= 0.6 is 0 Å². The van der Waals surface area contributed by atoms with Crippen LogP contribution in [0.4, 0.5) is 0 Å². The highest BCUT2D eigenvalue weighted by Gasteiger charge is 2.07. The largest absolute Gasteiger partial charge is 0.493 e. The van der Waals surface area contributed by atoms with Gasteiger partial charge in [-0.1, -0.05) is 18.2 Å². The Morgan fingerprint density at radius 1 is 1.05 bits per heavy atom. The molecule has 0 aliphatic carbocycles. The molecule has 0 atom stereocenters. The lowest BCUT2D eigenvalue weighted by molar-refractivity contribution is 0.0696. The standard InChI is InChI=1S/C18H20O4/c1-13-5-3-6-16(11-13)21-9-4-10-22-17-12-15(18(19)20)8-7-14(17)2/h3,5-8,11-12H,4,9-10H2,1-2H3,(H,19,20). The highest BCUT2D eigenvalue weighted by atomic mass is 16.5. The molecule has 0 saturated heterocycles. The number of hydrogen-bond acceptors (Lipinski definition) is 3. The topological polar surface area (TPSA) is 55.8 Å². The zero-order chi connectivity index (χ0) is 15.9. The number of aromatic carboxylic acids is 1. The van der Waals surface area contributed by atoms with Crippen LogP contribution in [-0.4, -0.2) is 24.3 Å². The molecule has 116 valence electrons. The summed E-state index contributed by atoms with van der Waals surface area (Å²) in [7, 11) is 0. The van der Waals surface area contributed by atoms with Gasteiger partial charge in [-0.05, 0) is 49.2 Å². The number of rotatable bonds is 7. The fourth-order valence-electron chi connectivity index (χ4n) is 2.02. The number of hydrogen-bond donors (Lipinski definition) is 1. The molecule has 0 spiro atoms. The van der Waals surface area contributed by atoms with Crippen molar-refractivity contribution < 1.29 is 19.4 Å². The zero-order valence-corrected chi connectivity index (χ0v) is 12.8. The van der Waals surface area contributed by atoms with Crippen molar-refractivity contribution in [3.05, 3.63) is 59.2 Å². The van der Waals surface area contributed by atoms with Crippen LogP contribution in [0.3, 0.4) is 0 Å². The van der Waals surface area contributed by atoms with Gasteiger partial charge in [-0.3, -0.25) is 0 Å². The second-order valence-electron chi connectivity index (χ2n) is 5.15. The second-order valence-corrected chi connectivity index (χ2v) is 5.15. The summed E-state index contributed by atoms with van der Waals surface area (Å²) in [6, 6.07) is 12.8. The number of carboxylic acid groups (broad SMARTS) is 1. The van der Waals surface area contributed by atoms with Gasteiger partial charge in [0.25, 0.3) is 0 Å². The van der Waals surface area contributed by atoms with Gasteiger partial charge in [0.2, 0.25) is 0 Å². The van der Waals surface area contributed by atoms with Crippen molar-refractivity contribution in [1.29, 1.82) is 0 Å². The van der Waals surface area contributed by atoms with E-state index in [-0.39, 0.29) is 5.56 Å². The van der Waals surface area contributed by atoms with Crippen molar-refractivity contribution in [2.75, 3.05) is 13.2 Å². The smallest absolute Gasteiger partial charge is 0.335 e. The number of carboxylic acids is 1. The fraction of sp³-hybridized carbons (Fsp3) is 0.278. The number of ether oxygens (including phenoxy) is 2. The maximum atomic E-state index is 10.9. The van der Waals surface area contributed by atoms with E-state index in [2.05, 4.69) is 0 Å². The van der Waals surface area contributed by atoms with Crippen LogP contribution in [0, 0.1) is 13.8 Å². The van der Waals surface area contributed by atoms with Gasteiger partial charge in [-0.2, -0.15) is 0 Å². The van der Waals surface area contributed by atoms with E-state index < -0.39 is 5.97 Å². The van der Waals surface area contributed by atoms with Gasteiger partial charge in [0.15, 0.2) is 0 Å². The first-order valence-electron chi connectivity index (χ1n) is 7.22. The fourth-order valence-corrected chi connectivity index (χ4v) is 2.02.